The molecule has 0 bridgehead atoms. The second kappa shape index (κ2) is 6.97. The molecule has 138 valence electrons. The normalized spacial score (nSPS) is 18.0. The Morgan fingerprint density at radius 2 is 1.59 bits per heavy atom. The van der Waals surface area contributed by atoms with E-state index in [0.29, 0.717) is 5.89 Å². The van der Waals surface area contributed by atoms with E-state index in [2.05, 4.69) is 58.4 Å². The lowest BCUT2D eigenvalue weighted by atomic mass is 10.1. The molecule has 1 aromatic heterocycles. The van der Waals surface area contributed by atoms with Crippen molar-refractivity contribution in [3.8, 4) is 22.7 Å². The largest absolute Gasteiger partial charge is 0.444 e. The number of anilines is 1. The van der Waals surface area contributed by atoms with Gasteiger partial charge in [-0.1, -0.05) is 24.3 Å². The summed E-state index contributed by atoms with van der Waals surface area (Å²) in [5, 5.41) is 0. The smallest absolute Gasteiger partial charge is 0.226 e. The van der Waals surface area contributed by atoms with Gasteiger partial charge in [0.05, 0.1) is 0 Å². The zero-order valence-electron chi connectivity index (χ0n) is 15.1. The van der Waals surface area contributed by atoms with Crippen LogP contribution in [-0.4, -0.2) is 33.8 Å². The first-order chi connectivity index (χ1) is 13.3. The molecule has 0 amide bonds. The minimum atomic E-state index is -0.649. The maximum absolute atomic E-state index is 11.5. The van der Waals surface area contributed by atoms with Gasteiger partial charge in [0.2, 0.25) is 5.89 Å². The Morgan fingerprint density at radius 1 is 0.926 bits per heavy atom. The van der Waals surface area contributed by atoms with Gasteiger partial charge in [0.1, 0.15) is 12.0 Å². The molecule has 0 spiro atoms. The highest BCUT2D eigenvalue weighted by molar-refractivity contribution is 7.85. The first-order valence-electron chi connectivity index (χ1n) is 9.52. The van der Waals surface area contributed by atoms with Crippen LogP contribution in [-0.2, 0) is 10.8 Å². The van der Waals surface area contributed by atoms with E-state index in [1.54, 1.807) is 6.26 Å². The van der Waals surface area contributed by atoms with Crippen LogP contribution in [0.3, 0.4) is 0 Å². The fourth-order valence-electron chi connectivity index (χ4n) is 3.59. The SMILES string of the molecule is O=S1CCN(c2ccc(-c3coc(-c4ccc(C5CC5)cc4)n3)cc2)CC1. The van der Waals surface area contributed by atoms with Crippen LogP contribution < -0.4 is 4.90 Å². The van der Waals surface area contributed by atoms with E-state index in [-0.39, 0.29) is 0 Å². The van der Waals surface area contributed by atoms with E-state index in [9.17, 15) is 4.21 Å². The van der Waals surface area contributed by atoms with E-state index in [4.69, 9.17) is 4.42 Å². The number of oxazole rings is 1. The van der Waals surface area contributed by atoms with Crippen molar-refractivity contribution in [2.45, 2.75) is 18.8 Å². The van der Waals surface area contributed by atoms with Gasteiger partial charge < -0.3 is 9.32 Å². The summed E-state index contributed by atoms with van der Waals surface area (Å²) in [6, 6.07) is 17.0. The molecular weight excluding hydrogens is 356 g/mol. The van der Waals surface area contributed by atoms with Crippen molar-refractivity contribution >= 4 is 16.5 Å². The third-order valence-electron chi connectivity index (χ3n) is 5.42. The third-order valence-corrected chi connectivity index (χ3v) is 6.69. The van der Waals surface area contributed by atoms with E-state index in [1.165, 1.54) is 24.1 Å². The summed E-state index contributed by atoms with van der Waals surface area (Å²) in [6.07, 6.45) is 4.35. The molecule has 1 aliphatic carbocycles. The van der Waals surface area contributed by atoms with Crippen molar-refractivity contribution in [2.75, 3.05) is 29.5 Å². The van der Waals surface area contributed by atoms with Crippen molar-refractivity contribution in [1.82, 2.24) is 4.98 Å². The predicted molar refractivity (Wildman–Crippen MR) is 109 cm³/mol. The van der Waals surface area contributed by atoms with Crippen LogP contribution in [0, 0.1) is 0 Å². The van der Waals surface area contributed by atoms with E-state index in [1.807, 2.05) is 0 Å². The van der Waals surface area contributed by atoms with Gasteiger partial charge in [-0.05, 0) is 48.6 Å². The molecule has 5 rings (SSSR count). The molecule has 5 heteroatoms. The average Bonchev–Trinajstić information content (AvgIpc) is 3.45. The van der Waals surface area contributed by atoms with Gasteiger partial charge in [0.25, 0.3) is 0 Å². The Labute approximate surface area is 161 Å². The first kappa shape index (κ1) is 16.8. The zero-order valence-corrected chi connectivity index (χ0v) is 16.0. The Hall–Kier alpha value is -2.40. The molecule has 1 aliphatic heterocycles. The summed E-state index contributed by atoms with van der Waals surface area (Å²) >= 11 is 0. The minimum Gasteiger partial charge on any atom is -0.444 e. The molecule has 27 heavy (non-hydrogen) atoms. The van der Waals surface area contributed by atoms with Crippen molar-refractivity contribution in [3.05, 3.63) is 60.4 Å². The molecule has 1 saturated carbocycles. The predicted octanol–water partition coefficient (Wildman–Crippen LogP) is 4.45. The third kappa shape index (κ3) is 3.56. The monoisotopic (exact) mass is 378 g/mol. The van der Waals surface area contributed by atoms with Gasteiger partial charge in [0, 0.05) is 52.2 Å². The highest BCUT2D eigenvalue weighted by atomic mass is 32.2. The highest BCUT2D eigenvalue weighted by Crippen LogP contribution is 2.40. The van der Waals surface area contributed by atoms with Gasteiger partial charge in [-0.15, -0.1) is 0 Å². The zero-order chi connectivity index (χ0) is 18.2. The molecule has 2 aromatic carbocycles. The second-order valence-electron chi connectivity index (χ2n) is 7.32. The molecule has 1 saturated heterocycles. The number of hydrogen-bond donors (Lipinski definition) is 0. The number of aromatic nitrogens is 1. The lowest BCUT2D eigenvalue weighted by molar-refractivity contribution is 0.575. The fourth-order valence-corrected chi connectivity index (χ4v) is 4.64. The number of hydrogen-bond acceptors (Lipinski definition) is 4. The lowest BCUT2D eigenvalue weighted by Crippen LogP contribution is -2.37. The Bertz CT molecular complexity index is 949. The maximum atomic E-state index is 11.5. The summed E-state index contributed by atoms with van der Waals surface area (Å²) in [7, 11) is -0.649. The van der Waals surface area contributed by atoms with Crippen LogP contribution in [0.4, 0.5) is 5.69 Å². The summed E-state index contributed by atoms with van der Waals surface area (Å²) in [5.74, 6) is 2.94. The number of benzene rings is 2. The Balaban J connectivity index is 1.32. The molecule has 2 aliphatic rings. The van der Waals surface area contributed by atoms with Crippen LogP contribution in [0.5, 0.6) is 0 Å². The number of nitrogens with zero attached hydrogens (tertiary/aromatic N) is 2. The molecular formula is C22H22N2O2S. The second-order valence-corrected chi connectivity index (χ2v) is 9.01. The summed E-state index contributed by atoms with van der Waals surface area (Å²) in [5.41, 5.74) is 5.51. The molecule has 2 heterocycles. The molecule has 2 fully saturated rings. The van der Waals surface area contributed by atoms with E-state index >= 15 is 0 Å². The molecule has 3 aromatic rings. The standard InChI is InChI=1S/C22H22N2O2S/c25-27-13-11-24(12-14-27)20-9-7-18(8-10-20)21-15-26-22(23-21)19-5-3-17(4-6-19)16-1-2-16/h3-10,15-16H,1-2,11-14H2. The van der Waals surface area contributed by atoms with Gasteiger partial charge >= 0.3 is 0 Å². The topological polar surface area (TPSA) is 46.3 Å². The van der Waals surface area contributed by atoms with E-state index in [0.717, 1.165) is 47.3 Å². The number of rotatable bonds is 4. The summed E-state index contributed by atoms with van der Waals surface area (Å²) < 4.78 is 17.2. The quantitative estimate of drug-likeness (QED) is 0.673. The fraction of sp³-hybridized carbons (Fsp3) is 0.318. The van der Waals surface area contributed by atoms with Gasteiger partial charge in [-0.25, -0.2) is 4.98 Å². The van der Waals surface area contributed by atoms with Crippen molar-refractivity contribution in [3.63, 3.8) is 0 Å². The Kier molecular flexibility index (Phi) is 4.32. The maximum Gasteiger partial charge on any atom is 0.226 e. The van der Waals surface area contributed by atoms with Gasteiger partial charge in [-0.2, -0.15) is 0 Å². The summed E-state index contributed by atoms with van der Waals surface area (Å²) in [6.45, 7) is 1.72. The van der Waals surface area contributed by atoms with Crippen molar-refractivity contribution in [1.29, 1.82) is 0 Å². The van der Waals surface area contributed by atoms with Crippen LogP contribution in [0.25, 0.3) is 22.7 Å². The molecule has 0 radical (unpaired) electrons. The van der Waals surface area contributed by atoms with Crippen molar-refractivity contribution < 1.29 is 8.63 Å². The lowest BCUT2D eigenvalue weighted by Gasteiger charge is -2.28. The van der Waals surface area contributed by atoms with Crippen molar-refractivity contribution in [2.24, 2.45) is 0 Å². The first-order valence-corrected chi connectivity index (χ1v) is 11.0. The molecule has 0 unspecified atom stereocenters. The van der Waals surface area contributed by atoms with Gasteiger partial charge in [-0.3, -0.25) is 4.21 Å². The van der Waals surface area contributed by atoms with E-state index < -0.39 is 10.8 Å². The minimum absolute atomic E-state index is 0.649. The van der Waals surface area contributed by atoms with Gasteiger partial charge in [0.15, 0.2) is 0 Å². The highest BCUT2D eigenvalue weighted by Gasteiger charge is 2.23. The van der Waals surface area contributed by atoms with Crippen LogP contribution >= 0.6 is 0 Å². The van der Waals surface area contributed by atoms with Crippen LogP contribution in [0.1, 0.15) is 24.3 Å². The average molecular weight is 378 g/mol. The summed E-state index contributed by atoms with van der Waals surface area (Å²) in [4.78, 5) is 6.97. The molecule has 0 atom stereocenters. The molecule has 0 N–H and O–H groups in total. The molecule has 4 nitrogen and oxygen atoms in total. The van der Waals surface area contributed by atoms with Crippen LogP contribution in [0.15, 0.2) is 59.2 Å². The Morgan fingerprint density at radius 3 is 2.26 bits per heavy atom. The van der Waals surface area contributed by atoms with Crippen LogP contribution in [0.2, 0.25) is 0 Å².